The van der Waals surface area contributed by atoms with Crippen molar-refractivity contribution < 1.29 is 9.72 Å². The van der Waals surface area contributed by atoms with Crippen LogP contribution in [0.15, 0.2) is 48.0 Å². The summed E-state index contributed by atoms with van der Waals surface area (Å²) in [5, 5.41) is 19.6. The van der Waals surface area contributed by atoms with Gasteiger partial charge in [0.05, 0.1) is 23.4 Å². The average Bonchev–Trinajstić information content (AvgIpc) is 3.38. The SMILES string of the molecule is O=C(Cn1ccc([N+](=O)[O-])n1)NC(c1ccc2c(c1)CCCC2)c1cccs1. The molecule has 0 saturated carbocycles. The van der Waals surface area contributed by atoms with E-state index in [0.29, 0.717) is 0 Å². The molecule has 0 saturated heterocycles. The van der Waals surface area contributed by atoms with E-state index >= 15 is 0 Å². The summed E-state index contributed by atoms with van der Waals surface area (Å²) in [5.74, 6) is -0.508. The number of benzene rings is 1. The zero-order valence-corrected chi connectivity index (χ0v) is 16.0. The van der Waals surface area contributed by atoms with E-state index in [4.69, 9.17) is 0 Å². The molecule has 1 atom stereocenters. The molecule has 4 rings (SSSR count). The highest BCUT2D eigenvalue weighted by Crippen LogP contribution is 2.30. The molecule has 7 nitrogen and oxygen atoms in total. The minimum absolute atomic E-state index is 0.0688. The molecule has 1 aliphatic carbocycles. The van der Waals surface area contributed by atoms with Crippen molar-refractivity contribution in [3.05, 3.63) is 79.7 Å². The van der Waals surface area contributed by atoms with E-state index in [-0.39, 0.29) is 24.3 Å². The minimum atomic E-state index is -0.573. The first-order valence-corrected chi connectivity index (χ1v) is 10.1. The summed E-state index contributed by atoms with van der Waals surface area (Å²) in [5.41, 5.74) is 3.82. The second kappa shape index (κ2) is 7.93. The lowest BCUT2D eigenvalue weighted by molar-refractivity contribution is -0.389. The van der Waals surface area contributed by atoms with Crippen molar-refractivity contribution in [3.63, 3.8) is 0 Å². The minimum Gasteiger partial charge on any atom is -0.358 e. The van der Waals surface area contributed by atoms with Crippen LogP contribution in [0.2, 0.25) is 0 Å². The van der Waals surface area contributed by atoms with Gasteiger partial charge in [-0.25, -0.2) is 0 Å². The monoisotopic (exact) mass is 396 g/mol. The number of aryl methyl sites for hydroxylation is 2. The Balaban J connectivity index is 1.55. The van der Waals surface area contributed by atoms with Crippen LogP contribution in [-0.4, -0.2) is 20.6 Å². The van der Waals surface area contributed by atoms with Crippen molar-refractivity contribution in [1.29, 1.82) is 0 Å². The van der Waals surface area contributed by atoms with E-state index in [2.05, 4.69) is 28.6 Å². The lowest BCUT2D eigenvalue weighted by Gasteiger charge is -2.22. The van der Waals surface area contributed by atoms with Crippen LogP contribution >= 0.6 is 11.3 Å². The van der Waals surface area contributed by atoms with Crippen molar-refractivity contribution in [2.24, 2.45) is 0 Å². The number of hydrogen-bond donors (Lipinski definition) is 1. The third kappa shape index (κ3) is 3.96. The van der Waals surface area contributed by atoms with Gasteiger partial charge in [0.15, 0.2) is 0 Å². The Bertz CT molecular complexity index is 997. The number of fused-ring (bicyclic) bond motifs is 1. The molecule has 1 N–H and O–H groups in total. The maximum atomic E-state index is 12.6. The third-order valence-electron chi connectivity index (χ3n) is 4.96. The lowest BCUT2D eigenvalue weighted by Crippen LogP contribution is -2.32. The van der Waals surface area contributed by atoms with E-state index in [0.717, 1.165) is 23.3 Å². The largest absolute Gasteiger partial charge is 0.389 e. The van der Waals surface area contributed by atoms with E-state index in [9.17, 15) is 14.9 Å². The number of nitrogens with one attached hydrogen (secondary N) is 1. The fourth-order valence-corrected chi connectivity index (χ4v) is 4.40. The van der Waals surface area contributed by atoms with Gasteiger partial charge in [-0.15, -0.1) is 11.3 Å². The van der Waals surface area contributed by atoms with Crippen LogP contribution in [0.1, 0.15) is 40.5 Å². The smallest absolute Gasteiger partial charge is 0.358 e. The Morgan fingerprint density at radius 2 is 2.07 bits per heavy atom. The number of carbonyl (C=O) groups is 1. The second-order valence-electron chi connectivity index (χ2n) is 6.88. The van der Waals surface area contributed by atoms with Crippen molar-refractivity contribution in [2.75, 3.05) is 0 Å². The summed E-state index contributed by atoms with van der Waals surface area (Å²) < 4.78 is 1.28. The van der Waals surface area contributed by atoms with Gasteiger partial charge in [0.25, 0.3) is 0 Å². The molecule has 3 aromatic rings. The van der Waals surface area contributed by atoms with Gasteiger partial charge in [-0.1, -0.05) is 24.3 Å². The summed E-state index contributed by atoms with van der Waals surface area (Å²) in [6.07, 6.45) is 6.06. The van der Waals surface area contributed by atoms with Crippen LogP contribution in [0.4, 0.5) is 5.82 Å². The molecule has 1 aromatic carbocycles. The zero-order chi connectivity index (χ0) is 19.5. The summed E-state index contributed by atoms with van der Waals surface area (Å²) in [6, 6.07) is 11.5. The Morgan fingerprint density at radius 3 is 2.79 bits per heavy atom. The van der Waals surface area contributed by atoms with Gasteiger partial charge in [0.1, 0.15) is 6.54 Å². The Kier molecular flexibility index (Phi) is 5.21. The highest BCUT2D eigenvalue weighted by atomic mass is 32.1. The Hall–Kier alpha value is -3.00. The van der Waals surface area contributed by atoms with Crippen LogP contribution in [0.25, 0.3) is 0 Å². The van der Waals surface area contributed by atoms with Crippen molar-refractivity contribution in [3.8, 4) is 0 Å². The molecule has 2 aromatic heterocycles. The average molecular weight is 396 g/mol. The number of thiophene rings is 1. The highest BCUT2D eigenvalue weighted by molar-refractivity contribution is 7.10. The molecular formula is C20H20N4O3S. The molecule has 1 unspecified atom stereocenters. The normalized spacial score (nSPS) is 14.3. The maximum absolute atomic E-state index is 12.6. The van der Waals surface area contributed by atoms with Crippen LogP contribution in [-0.2, 0) is 24.2 Å². The predicted molar refractivity (Wildman–Crippen MR) is 106 cm³/mol. The molecular weight excluding hydrogens is 376 g/mol. The number of aromatic nitrogens is 2. The molecule has 2 heterocycles. The first-order chi connectivity index (χ1) is 13.6. The summed E-state index contributed by atoms with van der Waals surface area (Å²) in [7, 11) is 0. The first-order valence-electron chi connectivity index (χ1n) is 9.22. The van der Waals surface area contributed by atoms with Gasteiger partial charge >= 0.3 is 5.82 Å². The number of rotatable bonds is 6. The van der Waals surface area contributed by atoms with Crippen molar-refractivity contribution in [1.82, 2.24) is 15.1 Å². The zero-order valence-electron chi connectivity index (χ0n) is 15.2. The molecule has 8 heteroatoms. The molecule has 0 spiro atoms. The molecule has 0 fully saturated rings. The summed E-state index contributed by atoms with van der Waals surface area (Å²) >= 11 is 1.59. The highest BCUT2D eigenvalue weighted by Gasteiger charge is 2.21. The van der Waals surface area contributed by atoms with Gasteiger partial charge in [0.2, 0.25) is 5.91 Å². The van der Waals surface area contributed by atoms with Crippen LogP contribution in [0, 0.1) is 10.1 Å². The van der Waals surface area contributed by atoms with E-state index in [1.165, 1.54) is 40.9 Å². The Labute approximate surface area is 166 Å². The molecule has 0 bridgehead atoms. The van der Waals surface area contributed by atoms with Gasteiger partial charge in [0, 0.05) is 4.88 Å². The van der Waals surface area contributed by atoms with E-state index in [1.54, 1.807) is 11.3 Å². The third-order valence-corrected chi connectivity index (χ3v) is 5.90. The predicted octanol–water partition coefficient (Wildman–Crippen LogP) is 3.64. The Morgan fingerprint density at radius 1 is 1.25 bits per heavy atom. The topological polar surface area (TPSA) is 90.1 Å². The number of nitro groups is 1. The van der Waals surface area contributed by atoms with Gasteiger partial charge in [-0.2, -0.15) is 4.68 Å². The van der Waals surface area contributed by atoms with E-state index in [1.807, 2.05) is 17.5 Å². The molecule has 1 amide bonds. The standard InChI is InChI=1S/C20H20N4O3S/c25-19(13-23-10-9-18(22-23)24(26)27)21-20(17-6-3-11-28-17)16-8-7-14-4-1-2-5-15(14)12-16/h3,6-12,20H,1-2,4-5,13H2,(H,21,25). The van der Waals surface area contributed by atoms with Crippen LogP contribution in [0.5, 0.6) is 0 Å². The van der Waals surface area contributed by atoms with Crippen LogP contribution in [0.3, 0.4) is 0 Å². The van der Waals surface area contributed by atoms with E-state index < -0.39 is 4.92 Å². The number of carbonyl (C=O) groups excluding carboxylic acids is 1. The summed E-state index contributed by atoms with van der Waals surface area (Å²) in [6.45, 7) is -0.0688. The number of nitrogens with zero attached hydrogens (tertiary/aromatic N) is 3. The molecule has 0 radical (unpaired) electrons. The molecule has 144 valence electrons. The number of hydrogen-bond acceptors (Lipinski definition) is 5. The second-order valence-corrected chi connectivity index (χ2v) is 7.86. The van der Waals surface area contributed by atoms with Gasteiger partial charge in [-0.05, 0) is 58.7 Å². The lowest BCUT2D eigenvalue weighted by atomic mass is 9.89. The maximum Gasteiger partial charge on any atom is 0.389 e. The van der Waals surface area contributed by atoms with Crippen molar-refractivity contribution >= 4 is 23.1 Å². The van der Waals surface area contributed by atoms with Crippen LogP contribution < -0.4 is 5.32 Å². The molecule has 1 aliphatic rings. The first kappa shape index (κ1) is 18.4. The number of amides is 1. The van der Waals surface area contributed by atoms with Gasteiger partial charge < -0.3 is 15.4 Å². The summed E-state index contributed by atoms with van der Waals surface area (Å²) in [4.78, 5) is 23.9. The van der Waals surface area contributed by atoms with Crippen molar-refractivity contribution in [2.45, 2.75) is 38.3 Å². The van der Waals surface area contributed by atoms with Gasteiger partial charge in [-0.3, -0.25) is 4.79 Å². The molecule has 28 heavy (non-hydrogen) atoms. The molecule has 0 aliphatic heterocycles. The fourth-order valence-electron chi connectivity index (χ4n) is 3.60. The fraction of sp³-hybridized carbons (Fsp3) is 0.300. The quantitative estimate of drug-likeness (QED) is 0.509.